The number of Topliss-reactive ketones (excluding diaryl/α,β-unsaturated/α-hetero) is 1. The lowest BCUT2D eigenvalue weighted by atomic mass is 10.0. The number of thiophene rings is 1. The fraction of sp³-hybridized carbons (Fsp3) is 0.368. The molecule has 1 aliphatic heterocycles. The number of carbonyl (C=O) groups excluding carboxylic acids is 1. The third kappa shape index (κ3) is 4.30. The monoisotopic (exact) mass is 340 g/mol. The largest absolute Gasteiger partial charge is 0.378 e. The topological polar surface area (TPSA) is 53.3 Å². The number of rotatable bonds is 6. The van der Waals surface area contributed by atoms with Crippen molar-refractivity contribution >= 4 is 17.1 Å². The van der Waals surface area contributed by atoms with Gasteiger partial charge in [-0.25, -0.2) is 0 Å². The van der Waals surface area contributed by atoms with Crippen molar-refractivity contribution < 1.29 is 9.53 Å². The molecule has 0 N–H and O–H groups in total. The zero-order valence-corrected chi connectivity index (χ0v) is 14.3. The van der Waals surface area contributed by atoms with Crippen LogP contribution < -0.4 is 0 Å². The molecule has 3 rings (SSSR count). The Kier molecular flexibility index (Phi) is 5.76. The van der Waals surface area contributed by atoms with Crippen LogP contribution in [-0.2, 0) is 17.7 Å². The summed E-state index contributed by atoms with van der Waals surface area (Å²) < 4.78 is 5.59. The van der Waals surface area contributed by atoms with Crippen LogP contribution in [0.5, 0.6) is 0 Å². The van der Waals surface area contributed by atoms with Gasteiger partial charge in [0.05, 0.1) is 30.6 Å². The molecule has 0 bridgehead atoms. The summed E-state index contributed by atoms with van der Waals surface area (Å²) in [5, 5.41) is 10.7. The second-order valence-electron chi connectivity index (χ2n) is 5.96. The number of carbonyl (C=O) groups is 1. The van der Waals surface area contributed by atoms with Crippen LogP contribution in [0, 0.1) is 11.3 Å². The maximum Gasteiger partial charge on any atom is 0.174 e. The summed E-state index contributed by atoms with van der Waals surface area (Å²) in [6.45, 7) is 2.95. The Balaban J connectivity index is 1.63. The Labute approximate surface area is 146 Å². The molecule has 0 radical (unpaired) electrons. The molecule has 0 amide bonds. The highest BCUT2D eigenvalue weighted by molar-refractivity contribution is 7.12. The van der Waals surface area contributed by atoms with Crippen molar-refractivity contribution in [3.63, 3.8) is 0 Å². The molecule has 1 unspecified atom stereocenters. The first-order valence-corrected chi connectivity index (χ1v) is 8.97. The van der Waals surface area contributed by atoms with E-state index in [2.05, 4.69) is 23.1 Å². The van der Waals surface area contributed by atoms with Crippen molar-refractivity contribution in [1.82, 2.24) is 4.90 Å². The molecule has 5 heteroatoms. The molecule has 124 valence electrons. The van der Waals surface area contributed by atoms with Crippen LogP contribution in [0.15, 0.2) is 41.8 Å². The Morgan fingerprint density at radius 3 is 2.79 bits per heavy atom. The van der Waals surface area contributed by atoms with E-state index in [1.807, 2.05) is 29.6 Å². The predicted octanol–water partition coefficient (Wildman–Crippen LogP) is 3.29. The van der Waals surface area contributed by atoms with E-state index in [-0.39, 0.29) is 11.8 Å². The van der Waals surface area contributed by atoms with Gasteiger partial charge in [-0.05, 0) is 22.6 Å². The number of hydrogen-bond acceptors (Lipinski definition) is 5. The Hall–Kier alpha value is -2.00. The number of benzene rings is 1. The van der Waals surface area contributed by atoms with Crippen molar-refractivity contribution in [2.75, 3.05) is 19.8 Å². The van der Waals surface area contributed by atoms with E-state index in [9.17, 15) is 4.79 Å². The molecule has 1 aliphatic rings. The molecule has 1 saturated heterocycles. The second-order valence-corrected chi connectivity index (χ2v) is 6.90. The van der Waals surface area contributed by atoms with Gasteiger partial charge in [0.15, 0.2) is 5.78 Å². The minimum Gasteiger partial charge on any atom is -0.378 e. The fourth-order valence-corrected chi connectivity index (χ4v) is 3.60. The van der Waals surface area contributed by atoms with Crippen LogP contribution in [0.1, 0.15) is 27.2 Å². The van der Waals surface area contributed by atoms with Crippen LogP contribution in [0.3, 0.4) is 0 Å². The maximum absolute atomic E-state index is 12.4. The Morgan fingerprint density at radius 1 is 1.29 bits per heavy atom. The first kappa shape index (κ1) is 16.8. The van der Waals surface area contributed by atoms with E-state index in [4.69, 9.17) is 10.00 Å². The number of nitrogens with zero attached hydrogens (tertiary/aromatic N) is 2. The summed E-state index contributed by atoms with van der Waals surface area (Å²) >= 11 is 1.50. The predicted molar refractivity (Wildman–Crippen MR) is 94.0 cm³/mol. The van der Waals surface area contributed by atoms with E-state index in [1.165, 1.54) is 16.9 Å². The van der Waals surface area contributed by atoms with Crippen LogP contribution in [0.4, 0.5) is 0 Å². The number of ketones is 1. The maximum atomic E-state index is 12.4. The van der Waals surface area contributed by atoms with Gasteiger partial charge < -0.3 is 4.74 Å². The van der Waals surface area contributed by atoms with Crippen molar-refractivity contribution in [2.24, 2.45) is 0 Å². The molecule has 2 heterocycles. The van der Waals surface area contributed by atoms with Crippen LogP contribution in [0.2, 0.25) is 0 Å². The molecule has 1 fully saturated rings. The summed E-state index contributed by atoms with van der Waals surface area (Å²) in [4.78, 5) is 15.5. The van der Waals surface area contributed by atoms with E-state index in [0.29, 0.717) is 26.1 Å². The number of nitriles is 1. The lowest BCUT2D eigenvalue weighted by molar-refractivity contribution is -0.0125. The number of hydrogen-bond donors (Lipinski definition) is 0. The van der Waals surface area contributed by atoms with Gasteiger partial charge in [-0.3, -0.25) is 9.69 Å². The van der Waals surface area contributed by atoms with E-state index >= 15 is 0 Å². The van der Waals surface area contributed by atoms with Crippen molar-refractivity contribution in [1.29, 1.82) is 5.26 Å². The quantitative estimate of drug-likeness (QED) is 0.757. The van der Waals surface area contributed by atoms with Gasteiger partial charge in [0.1, 0.15) is 0 Å². The number of morpholine rings is 1. The van der Waals surface area contributed by atoms with Crippen molar-refractivity contribution in [3.05, 3.63) is 57.8 Å². The molecule has 4 nitrogen and oxygen atoms in total. The third-order valence-corrected chi connectivity index (χ3v) is 5.17. The van der Waals surface area contributed by atoms with Crippen molar-refractivity contribution in [3.8, 4) is 6.07 Å². The summed E-state index contributed by atoms with van der Waals surface area (Å²) in [6, 6.07) is 14.2. The highest BCUT2D eigenvalue weighted by Crippen LogP contribution is 2.19. The molecular formula is C19H20N2O2S. The molecule has 0 spiro atoms. The summed E-state index contributed by atoms with van der Waals surface area (Å²) in [6.07, 6.45) is 0.933. The lowest BCUT2D eigenvalue weighted by Crippen LogP contribution is -2.45. The highest BCUT2D eigenvalue weighted by Gasteiger charge is 2.26. The van der Waals surface area contributed by atoms with Crippen LogP contribution >= 0.6 is 11.3 Å². The lowest BCUT2D eigenvalue weighted by Gasteiger charge is -2.35. The minimum absolute atomic E-state index is 0.118. The Morgan fingerprint density at radius 2 is 2.08 bits per heavy atom. The third-order valence-electron chi connectivity index (χ3n) is 4.26. The van der Waals surface area contributed by atoms with E-state index in [1.54, 1.807) is 0 Å². The minimum atomic E-state index is 0.118. The number of ether oxygens (including phenoxy) is 1. The van der Waals surface area contributed by atoms with Gasteiger partial charge >= 0.3 is 0 Å². The van der Waals surface area contributed by atoms with Gasteiger partial charge in [0.2, 0.25) is 0 Å². The second kappa shape index (κ2) is 8.20. The van der Waals surface area contributed by atoms with Gasteiger partial charge in [-0.2, -0.15) is 5.26 Å². The van der Waals surface area contributed by atoms with E-state index in [0.717, 1.165) is 23.5 Å². The van der Waals surface area contributed by atoms with E-state index < -0.39 is 0 Å². The molecule has 1 atom stereocenters. The molecular weight excluding hydrogens is 320 g/mol. The summed E-state index contributed by atoms with van der Waals surface area (Å²) in [5.74, 6) is 0.190. The van der Waals surface area contributed by atoms with Gasteiger partial charge in [-0.15, -0.1) is 11.3 Å². The molecule has 2 aromatic rings. The normalized spacial score (nSPS) is 18.2. The highest BCUT2D eigenvalue weighted by atomic mass is 32.1. The first-order chi connectivity index (χ1) is 11.8. The molecule has 24 heavy (non-hydrogen) atoms. The smallest absolute Gasteiger partial charge is 0.174 e. The molecule has 1 aromatic carbocycles. The SMILES string of the molecule is N#CCc1ccc(CN2CCOCC2CC(=O)c2cccs2)cc1. The Bertz CT molecular complexity index is 704. The fourth-order valence-electron chi connectivity index (χ4n) is 2.93. The van der Waals surface area contributed by atoms with Gasteiger partial charge in [-0.1, -0.05) is 30.3 Å². The summed E-state index contributed by atoms with van der Waals surface area (Å²) in [5.41, 5.74) is 2.24. The summed E-state index contributed by atoms with van der Waals surface area (Å²) in [7, 11) is 0. The van der Waals surface area contributed by atoms with Gasteiger partial charge in [0, 0.05) is 25.6 Å². The average Bonchev–Trinajstić information content (AvgIpc) is 3.13. The zero-order valence-electron chi connectivity index (χ0n) is 13.5. The standard InChI is InChI=1S/C19H20N2O2S/c20-8-7-15-3-5-16(6-4-15)13-21-9-10-23-14-17(21)12-18(22)19-2-1-11-24-19/h1-6,11,17H,7,9-10,12-14H2. The van der Waals surface area contributed by atoms with Crippen LogP contribution in [-0.4, -0.2) is 36.5 Å². The molecule has 0 aliphatic carbocycles. The van der Waals surface area contributed by atoms with Crippen LogP contribution in [0.25, 0.3) is 0 Å². The average molecular weight is 340 g/mol. The van der Waals surface area contributed by atoms with Crippen molar-refractivity contribution in [2.45, 2.75) is 25.4 Å². The zero-order chi connectivity index (χ0) is 16.8. The molecule has 0 saturated carbocycles. The molecule has 1 aromatic heterocycles. The first-order valence-electron chi connectivity index (χ1n) is 8.09. The van der Waals surface area contributed by atoms with Gasteiger partial charge in [0.25, 0.3) is 0 Å².